The van der Waals surface area contributed by atoms with Gasteiger partial charge >= 0.3 is 12.4 Å². The van der Waals surface area contributed by atoms with E-state index in [4.69, 9.17) is 23.2 Å². The van der Waals surface area contributed by atoms with Crippen LogP contribution in [0.1, 0.15) is 33.4 Å². The monoisotopic (exact) mass is 570 g/mol. The van der Waals surface area contributed by atoms with Crippen molar-refractivity contribution >= 4 is 23.2 Å². The second-order valence-electron chi connectivity index (χ2n) is 8.48. The van der Waals surface area contributed by atoms with Crippen LogP contribution in [0.4, 0.5) is 26.3 Å². The average molecular weight is 571 g/mol. The minimum atomic E-state index is -4.94. The van der Waals surface area contributed by atoms with Gasteiger partial charge in [0.1, 0.15) is 0 Å². The Kier molecular flexibility index (Phi) is 7.31. The van der Waals surface area contributed by atoms with Crippen molar-refractivity contribution in [2.45, 2.75) is 23.6 Å². The molecule has 0 aliphatic heterocycles. The maximum atomic E-state index is 13.8. The number of aliphatic hydroxyl groups is 2. The van der Waals surface area contributed by atoms with E-state index in [1.165, 1.54) is 48.5 Å². The lowest BCUT2D eigenvalue weighted by molar-refractivity contribution is -0.140. The zero-order chi connectivity index (χ0) is 27.9. The average Bonchev–Trinajstić information content (AvgIpc) is 2.87. The Morgan fingerprint density at radius 3 is 1.00 bits per heavy atom. The van der Waals surface area contributed by atoms with E-state index in [1.807, 2.05) is 0 Å². The number of alkyl halides is 6. The number of benzene rings is 4. The van der Waals surface area contributed by atoms with Crippen molar-refractivity contribution in [3.8, 4) is 0 Å². The molecule has 10 heteroatoms. The molecule has 0 spiro atoms. The Morgan fingerprint density at radius 1 is 0.421 bits per heavy atom. The molecule has 4 rings (SSSR count). The van der Waals surface area contributed by atoms with Gasteiger partial charge in [0, 0.05) is 11.1 Å². The Balaban J connectivity index is 2.21. The van der Waals surface area contributed by atoms with Crippen LogP contribution in [-0.2, 0) is 23.6 Å². The Labute approximate surface area is 223 Å². The molecular formula is C28H18Cl2F6O2. The first-order valence-corrected chi connectivity index (χ1v) is 11.8. The van der Waals surface area contributed by atoms with Crippen molar-refractivity contribution in [2.75, 3.05) is 0 Å². The van der Waals surface area contributed by atoms with Crippen LogP contribution in [-0.4, -0.2) is 10.2 Å². The van der Waals surface area contributed by atoms with Gasteiger partial charge in [-0.1, -0.05) is 108 Å². The molecule has 0 heterocycles. The van der Waals surface area contributed by atoms with Crippen molar-refractivity contribution in [3.05, 3.63) is 140 Å². The quantitative estimate of drug-likeness (QED) is 0.237. The van der Waals surface area contributed by atoms with Crippen LogP contribution < -0.4 is 0 Å². The largest absolute Gasteiger partial charge is 0.417 e. The summed E-state index contributed by atoms with van der Waals surface area (Å²) in [6.45, 7) is 0. The summed E-state index contributed by atoms with van der Waals surface area (Å²) >= 11 is 12.5. The van der Waals surface area contributed by atoms with Gasteiger partial charge in [-0.2, -0.15) is 26.3 Å². The molecule has 38 heavy (non-hydrogen) atoms. The minimum Gasteiger partial charge on any atom is -0.377 e. The second-order valence-corrected chi connectivity index (χ2v) is 9.24. The maximum absolute atomic E-state index is 13.8. The highest BCUT2D eigenvalue weighted by Crippen LogP contribution is 2.55. The van der Waals surface area contributed by atoms with E-state index in [-0.39, 0.29) is 11.1 Å². The first kappa shape index (κ1) is 28.0. The van der Waals surface area contributed by atoms with E-state index >= 15 is 0 Å². The van der Waals surface area contributed by atoms with Crippen LogP contribution in [0.3, 0.4) is 0 Å². The third-order valence-corrected chi connectivity index (χ3v) is 7.11. The van der Waals surface area contributed by atoms with Crippen LogP contribution in [0.25, 0.3) is 0 Å². The van der Waals surface area contributed by atoms with Crippen LogP contribution >= 0.6 is 23.2 Å². The van der Waals surface area contributed by atoms with Crippen molar-refractivity contribution in [1.29, 1.82) is 0 Å². The van der Waals surface area contributed by atoms with Crippen molar-refractivity contribution in [1.82, 2.24) is 0 Å². The maximum Gasteiger partial charge on any atom is 0.417 e. The summed E-state index contributed by atoms with van der Waals surface area (Å²) < 4.78 is 83.0. The topological polar surface area (TPSA) is 40.5 Å². The van der Waals surface area contributed by atoms with Crippen molar-refractivity contribution < 1.29 is 36.6 Å². The first-order valence-electron chi connectivity index (χ1n) is 11.0. The fourth-order valence-electron chi connectivity index (χ4n) is 4.54. The number of hydrogen-bond donors (Lipinski definition) is 2. The molecule has 0 radical (unpaired) electrons. The highest BCUT2D eigenvalue weighted by Gasteiger charge is 2.57. The molecule has 2 unspecified atom stereocenters. The summed E-state index contributed by atoms with van der Waals surface area (Å²) in [4.78, 5) is 0. The highest BCUT2D eigenvalue weighted by molar-refractivity contribution is 6.33. The molecule has 198 valence electrons. The third kappa shape index (κ3) is 4.56. The second kappa shape index (κ2) is 9.93. The predicted molar refractivity (Wildman–Crippen MR) is 132 cm³/mol. The normalized spacial score (nSPS) is 15.5. The van der Waals surface area contributed by atoms with Gasteiger partial charge in [0.25, 0.3) is 0 Å². The van der Waals surface area contributed by atoms with E-state index < -0.39 is 55.9 Å². The van der Waals surface area contributed by atoms with Crippen LogP contribution in [0.5, 0.6) is 0 Å². The molecule has 0 saturated carbocycles. The van der Waals surface area contributed by atoms with Gasteiger partial charge in [-0.15, -0.1) is 0 Å². The molecular weight excluding hydrogens is 553 g/mol. The van der Waals surface area contributed by atoms with E-state index in [9.17, 15) is 36.6 Å². The molecule has 2 nitrogen and oxygen atoms in total. The number of halogens is 8. The molecule has 4 aromatic rings. The Morgan fingerprint density at radius 2 is 0.711 bits per heavy atom. The van der Waals surface area contributed by atoms with Crippen LogP contribution in [0.2, 0.25) is 10.0 Å². The molecule has 0 saturated heterocycles. The summed E-state index contributed by atoms with van der Waals surface area (Å²) in [6.07, 6.45) is -9.88. The predicted octanol–water partition coefficient (Wildman–Crippen LogP) is 8.20. The van der Waals surface area contributed by atoms with Gasteiger partial charge in [0.15, 0.2) is 11.2 Å². The number of hydrogen-bond acceptors (Lipinski definition) is 2. The molecule has 0 bridgehead atoms. The van der Waals surface area contributed by atoms with E-state index in [0.717, 1.165) is 24.3 Å². The van der Waals surface area contributed by atoms with Crippen molar-refractivity contribution in [2.24, 2.45) is 0 Å². The summed E-state index contributed by atoms with van der Waals surface area (Å²) in [5.74, 6) is 0. The van der Waals surface area contributed by atoms with Crippen molar-refractivity contribution in [3.63, 3.8) is 0 Å². The summed E-state index contributed by atoms with van der Waals surface area (Å²) in [6, 6.07) is 19.6. The first-order chi connectivity index (χ1) is 17.7. The van der Waals surface area contributed by atoms with Gasteiger partial charge < -0.3 is 10.2 Å². The zero-order valence-electron chi connectivity index (χ0n) is 19.2. The summed E-state index contributed by atoms with van der Waals surface area (Å²) in [7, 11) is 0. The van der Waals surface area contributed by atoms with E-state index in [1.54, 1.807) is 12.1 Å². The molecule has 0 aromatic heterocycles. The van der Waals surface area contributed by atoms with Gasteiger partial charge in [0.05, 0.1) is 21.2 Å². The minimum absolute atomic E-state index is 0.152. The van der Waals surface area contributed by atoms with Gasteiger partial charge in [0.2, 0.25) is 0 Å². The molecule has 0 aliphatic carbocycles. The standard InChI is InChI=1S/C28H18Cl2F6O2/c29-23-19(13-7-15-21(23)27(31,32)33)25(37,17-9-3-1-4-10-17)26(38,18-11-5-2-6-12-18)20-14-8-16-22(24(20)30)28(34,35)36/h1-16,37-38H. The summed E-state index contributed by atoms with van der Waals surface area (Å²) in [5, 5.41) is 23.2. The molecule has 0 fully saturated rings. The lowest BCUT2D eigenvalue weighted by Crippen LogP contribution is -2.51. The van der Waals surface area contributed by atoms with Crippen LogP contribution in [0.15, 0.2) is 97.1 Å². The molecule has 0 aliphatic rings. The third-order valence-electron chi connectivity index (χ3n) is 6.29. The van der Waals surface area contributed by atoms with E-state index in [2.05, 4.69) is 0 Å². The van der Waals surface area contributed by atoms with Gasteiger partial charge in [-0.05, 0) is 23.3 Å². The molecule has 0 amide bonds. The smallest absolute Gasteiger partial charge is 0.377 e. The lowest BCUT2D eigenvalue weighted by atomic mass is 9.66. The number of rotatable bonds is 5. The van der Waals surface area contributed by atoms with E-state index in [0.29, 0.717) is 12.1 Å². The lowest BCUT2D eigenvalue weighted by Gasteiger charge is -2.46. The summed E-state index contributed by atoms with van der Waals surface area (Å²) in [5.41, 5.74) is -9.86. The van der Waals surface area contributed by atoms with Crippen LogP contribution in [0, 0.1) is 0 Å². The van der Waals surface area contributed by atoms with Gasteiger partial charge in [-0.3, -0.25) is 0 Å². The SMILES string of the molecule is OC(c1ccccc1)(c1cccc(C(F)(F)F)c1Cl)C(O)(c1ccccc1)c1cccc(C(F)(F)F)c1Cl. The molecule has 4 aromatic carbocycles. The molecule has 2 N–H and O–H groups in total. The fourth-order valence-corrected chi connectivity index (χ4v) is 5.28. The Bertz CT molecular complexity index is 1330. The fraction of sp³-hybridized carbons (Fsp3) is 0.143. The molecule has 2 atom stereocenters. The zero-order valence-corrected chi connectivity index (χ0v) is 20.7. The Hall–Kier alpha value is -3.04. The van der Waals surface area contributed by atoms with Gasteiger partial charge in [-0.25, -0.2) is 0 Å². The highest BCUT2D eigenvalue weighted by atomic mass is 35.5.